The van der Waals surface area contributed by atoms with Crippen molar-refractivity contribution in [3.05, 3.63) is 64.9 Å². The van der Waals surface area contributed by atoms with Gasteiger partial charge in [0.1, 0.15) is 11.3 Å². The van der Waals surface area contributed by atoms with Crippen LogP contribution in [0.3, 0.4) is 0 Å². The normalized spacial score (nSPS) is 11.0. The van der Waals surface area contributed by atoms with Gasteiger partial charge in [-0.15, -0.1) is 11.3 Å². The van der Waals surface area contributed by atoms with Gasteiger partial charge < -0.3 is 5.11 Å². The fourth-order valence-electron chi connectivity index (χ4n) is 2.32. The quantitative estimate of drug-likeness (QED) is 0.626. The van der Waals surface area contributed by atoms with Crippen molar-refractivity contribution in [3.63, 3.8) is 0 Å². The van der Waals surface area contributed by atoms with Gasteiger partial charge in [-0.3, -0.25) is 4.98 Å². The first-order chi connectivity index (χ1) is 11.3. The number of aromatic hydroxyl groups is 1. The molecule has 0 unspecified atom stereocenters. The molecule has 0 atom stereocenters. The minimum atomic E-state index is 0.224. The molecule has 0 amide bonds. The highest BCUT2D eigenvalue weighted by Gasteiger charge is 2.06. The molecule has 3 heterocycles. The van der Waals surface area contributed by atoms with Crippen molar-refractivity contribution in [2.45, 2.75) is 6.42 Å². The third-order valence-electron chi connectivity index (χ3n) is 3.45. The number of rotatable bonds is 3. The smallest absolute Gasteiger partial charge is 0.159 e. The van der Waals surface area contributed by atoms with Gasteiger partial charge in [-0.05, 0) is 35.9 Å². The van der Waals surface area contributed by atoms with Crippen LogP contribution in [-0.2, 0) is 6.42 Å². The van der Waals surface area contributed by atoms with E-state index in [4.69, 9.17) is 0 Å². The molecule has 0 saturated heterocycles. The van der Waals surface area contributed by atoms with Gasteiger partial charge in [0, 0.05) is 29.8 Å². The monoisotopic (exact) mass is 320 g/mol. The summed E-state index contributed by atoms with van der Waals surface area (Å²) < 4.78 is 0. The first-order valence-corrected chi connectivity index (χ1v) is 7.95. The van der Waals surface area contributed by atoms with E-state index in [9.17, 15) is 5.11 Å². The van der Waals surface area contributed by atoms with E-state index in [2.05, 4.69) is 19.9 Å². The standard InChI is InChI=1S/C17H12N4OS/c22-13-3-1-12(2-4-13)17-20-10-15-14(21-17)7-11(9-19-15)8-16-18-5-6-23-16/h1-7,9-10,22H,8H2. The summed E-state index contributed by atoms with van der Waals surface area (Å²) in [7, 11) is 0. The number of phenolic OH excluding ortho intramolecular Hbond substituents is 1. The van der Waals surface area contributed by atoms with Crippen LogP contribution in [0.15, 0.2) is 54.3 Å². The zero-order valence-electron chi connectivity index (χ0n) is 12.0. The zero-order chi connectivity index (χ0) is 15.6. The van der Waals surface area contributed by atoms with Gasteiger partial charge in [0.2, 0.25) is 0 Å². The van der Waals surface area contributed by atoms with Crippen molar-refractivity contribution in [3.8, 4) is 17.1 Å². The van der Waals surface area contributed by atoms with Crippen LogP contribution in [0.25, 0.3) is 22.4 Å². The fraction of sp³-hybridized carbons (Fsp3) is 0.0588. The van der Waals surface area contributed by atoms with E-state index in [0.29, 0.717) is 5.82 Å². The fourth-order valence-corrected chi connectivity index (χ4v) is 2.97. The molecule has 0 aliphatic heterocycles. The van der Waals surface area contributed by atoms with Crippen LogP contribution < -0.4 is 0 Å². The Morgan fingerprint density at radius 1 is 0.957 bits per heavy atom. The summed E-state index contributed by atoms with van der Waals surface area (Å²) in [5.41, 5.74) is 3.49. The average Bonchev–Trinajstić information content (AvgIpc) is 3.08. The van der Waals surface area contributed by atoms with Gasteiger partial charge in [-0.2, -0.15) is 0 Å². The van der Waals surface area contributed by atoms with Crippen molar-refractivity contribution in [2.24, 2.45) is 0 Å². The van der Waals surface area contributed by atoms with Crippen molar-refractivity contribution >= 4 is 22.4 Å². The Balaban J connectivity index is 1.73. The summed E-state index contributed by atoms with van der Waals surface area (Å²) in [5, 5.41) is 12.4. The lowest BCUT2D eigenvalue weighted by atomic mass is 10.2. The number of fused-ring (bicyclic) bond motifs is 1. The summed E-state index contributed by atoms with van der Waals surface area (Å²) in [4.78, 5) is 17.7. The lowest BCUT2D eigenvalue weighted by Crippen LogP contribution is -1.94. The molecule has 0 aliphatic rings. The van der Waals surface area contributed by atoms with Crippen molar-refractivity contribution in [1.29, 1.82) is 0 Å². The van der Waals surface area contributed by atoms with E-state index >= 15 is 0 Å². The van der Waals surface area contributed by atoms with Gasteiger partial charge in [0.25, 0.3) is 0 Å². The SMILES string of the molecule is Oc1ccc(-c2ncc3ncc(Cc4nccs4)cc3n2)cc1. The molecule has 0 saturated carbocycles. The molecule has 6 heteroatoms. The molecule has 0 bridgehead atoms. The van der Waals surface area contributed by atoms with E-state index < -0.39 is 0 Å². The first kappa shape index (κ1) is 13.8. The third-order valence-corrected chi connectivity index (χ3v) is 4.23. The highest BCUT2D eigenvalue weighted by Crippen LogP contribution is 2.21. The summed E-state index contributed by atoms with van der Waals surface area (Å²) in [6, 6.07) is 8.86. The molecule has 0 spiro atoms. The number of hydrogen-bond acceptors (Lipinski definition) is 6. The predicted octanol–water partition coefficient (Wildman–Crippen LogP) is 3.44. The maximum atomic E-state index is 9.38. The van der Waals surface area contributed by atoms with Crippen LogP contribution in [0.4, 0.5) is 0 Å². The molecular weight excluding hydrogens is 308 g/mol. The number of hydrogen-bond donors (Lipinski definition) is 1. The summed E-state index contributed by atoms with van der Waals surface area (Å²) in [5.74, 6) is 0.840. The molecule has 0 aliphatic carbocycles. The first-order valence-electron chi connectivity index (χ1n) is 7.07. The van der Waals surface area contributed by atoms with E-state index in [1.54, 1.807) is 48.0 Å². The second kappa shape index (κ2) is 5.73. The topological polar surface area (TPSA) is 71.8 Å². The van der Waals surface area contributed by atoms with Gasteiger partial charge in [-0.1, -0.05) is 0 Å². The Hall–Kier alpha value is -2.86. The molecule has 112 valence electrons. The summed E-state index contributed by atoms with van der Waals surface area (Å²) in [6.07, 6.45) is 6.11. The Kier molecular flexibility index (Phi) is 3.44. The zero-order valence-corrected chi connectivity index (χ0v) is 12.9. The number of benzene rings is 1. The molecule has 5 nitrogen and oxygen atoms in total. The molecule has 23 heavy (non-hydrogen) atoms. The van der Waals surface area contributed by atoms with Crippen LogP contribution in [0.2, 0.25) is 0 Å². The molecule has 4 aromatic rings. The summed E-state index contributed by atoms with van der Waals surface area (Å²) in [6.45, 7) is 0. The number of pyridine rings is 1. The molecule has 3 aromatic heterocycles. The van der Waals surface area contributed by atoms with E-state index in [1.807, 2.05) is 17.6 Å². The lowest BCUT2D eigenvalue weighted by Gasteiger charge is -2.04. The van der Waals surface area contributed by atoms with Crippen LogP contribution in [0, 0.1) is 0 Å². The van der Waals surface area contributed by atoms with Gasteiger partial charge in [0.05, 0.1) is 16.7 Å². The molecule has 0 fully saturated rings. The Bertz CT molecular complexity index is 952. The van der Waals surface area contributed by atoms with E-state index in [0.717, 1.165) is 33.6 Å². The Morgan fingerprint density at radius 3 is 2.61 bits per heavy atom. The van der Waals surface area contributed by atoms with Crippen molar-refractivity contribution in [1.82, 2.24) is 19.9 Å². The molecule has 0 radical (unpaired) electrons. The van der Waals surface area contributed by atoms with Gasteiger partial charge >= 0.3 is 0 Å². The van der Waals surface area contributed by atoms with Crippen LogP contribution >= 0.6 is 11.3 Å². The number of nitrogens with zero attached hydrogens (tertiary/aromatic N) is 4. The summed E-state index contributed by atoms with van der Waals surface area (Å²) >= 11 is 1.63. The molecule has 1 aromatic carbocycles. The minimum Gasteiger partial charge on any atom is -0.508 e. The molecular formula is C17H12N4OS. The van der Waals surface area contributed by atoms with Crippen molar-refractivity contribution < 1.29 is 5.11 Å². The Labute approximate surface area is 136 Å². The van der Waals surface area contributed by atoms with Crippen LogP contribution in [0.1, 0.15) is 10.6 Å². The predicted molar refractivity (Wildman–Crippen MR) is 89.4 cm³/mol. The Morgan fingerprint density at radius 2 is 1.83 bits per heavy atom. The number of thiazole rings is 1. The highest BCUT2D eigenvalue weighted by atomic mass is 32.1. The molecule has 1 N–H and O–H groups in total. The largest absolute Gasteiger partial charge is 0.508 e. The maximum absolute atomic E-state index is 9.38. The van der Waals surface area contributed by atoms with Crippen molar-refractivity contribution in [2.75, 3.05) is 0 Å². The van der Waals surface area contributed by atoms with Gasteiger partial charge in [-0.25, -0.2) is 15.0 Å². The van der Waals surface area contributed by atoms with Gasteiger partial charge in [0.15, 0.2) is 5.82 Å². The second-order valence-corrected chi connectivity index (χ2v) is 6.07. The lowest BCUT2D eigenvalue weighted by molar-refractivity contribution is 0.475. The second-order valence-electron chi connectivity index (χ2n) is 5.09. The van der Waals surface area contributed by atoms with Crippen LogP contribution in [-0.4, -0.2) is 25.0 Å². The maximum Gasteiger partial charge on any atom is 0.159 e. The van der Waals surface area contributed by atoms with Crippen LogP contribution in [0.5, 0.6) is 5.75 Å². The highest BCUT2D eigenvalue weighted by molar-refractivity contribution is 7.09. The van der Waals surface area contributed by atoms with E-state index in [-0.39, 0.29) is 5.75 Å². The molecule has 4 rings (SSSR count). The average molecular weight is 320 g/mol. The third kappa shape index (κ3) is 2.89. The minimum absolute atomic E-state index is 0.224. The number of aromatic nitrogens is 4. The van der Waals surface area contributed by atoms with E-state index in [1.165, 1.54) is 0 Å². The number of phenols is 1.